The van der Waals surface area contributed by atoms with Gasteiger partial charge in [0.1, 0.15) is 5.58 Å². The minimum Gasteiger partial charge on any atom is -0.501 e. The molecule has 3 heterocycles. The van der Waals surface area contributed by atoms with Crippen LogP contribution < -0.4 is 5.19 Å². The van der Waals surface area contributed by atoms with Gasteiger partial charge in [-0.15, -0.1) is 52.6 Å². The van der Waals surface area contributed by atoms with E-state index >= 15 is 0 Å². The Morgan fingerprint density at radius 1 is 0.738 bits per heavy atom. The van der Waals surface area contributed by atoms with Gasteiger partial charge >= 0.3 is 0 Å². The van der Waals surface area contributed by atoms with E-state index < -0.39 is 20.8 Å². The molecule has 0 bridgehead atoms. The zero-order valence-electron chi connectivity index (χ0n) is 43.3. The minimum atomic E-state index is -2.13. The van der Waals surface area contributed by atoms with Crippen LogP contribution in [0.25, 0.3) is 82.8 Å². The van der Waals surface area contributed by atoms with Gasteiger partial charge in [0.2, 0.25) is 0 Å². The molecule has 0 N–H and O–H groups in total. The number of fused-ring (bicyclic) bond motifs is 7. The second-order valence-electron chi connectivity index (χ2n) is 19.1. The molecule has 0 aliphatic rings. The van der Waals surface area contributed by atoms with Gasteiger partial charge in [0.15, 0.2) is 0 Å². The number of para-hydroxylation sites is 3. The van der Waals surface area contributed by atoms with Crippen molar-refractivity contribution in [1.29, 1.82) is 0 Å². The number of hydrogen-bond acceptors (Lipinski definition) is 3. The molecule has 6 heteroatoms. The fourth-order valence-corrected chi connectivity index (χ4v) is 10.8. The summed E-state index contributed by atoms with van der Waals surface area (Å²) in [5, 5.41) is 8.34. The van der Waals surface area contributed by atoms with E-state index in [9.17, 15) is 0 Å². The van der Waals surface area contributed by atoms with Crippen LogP contribution in [0.5, 0.6) is 0 Å². The molecule has 10 rings (SSSR count). The quantitative estimate of drug-likeness (QED) is 0.0908. The Balaban J connectivity index is 0.000000219. The van der Waals surface area contributed by atoms with Gasteiger partial charge in [0.25, 0.3) is 0 Å². The Hall–Kier alpha value is -5.65. The number of imidazole rings is 1. The number of rotatable bonds is 7. The molecule has 0 spiro atoms. The van der Waals surface area contributed by atoms with Crippen molar-refractivity contribution in [2.45, 2.75) is 99.6 Å². The summed E-state index contributed by atoms with van der Waals surface area (Å²) in [6, 6.07) is 46.3. The van der Waals surface area contributed by atoms with Crippen molar-refractivity contribution in [3.63, 3.8) is 0 Å². The van der Waals surface area contributed by atoms with Crippen molar-refractivity contribution in [3.05, 3.63) is 167 Å². The first-order valence-electron chi connectivity index (χ1n) is 24.5. The molecule has 4 nitrogen and oxygen atoms in total. The average molecular weight is 1050 g/mol. The van der Waals surface area contributed by atoms with Crippen LogP contribution in [-0.2, 0) is 20.1 Å². The molecule has 1 radical (unpaired) electrons. The summed E-state index contributed by atoms with van der Waals surface area (Å²) in [6.45, 7) is 21.8. The topological polar surface area (TPSA) is 43.9 Å². The monoisotopic (exact) mass is 1050 g/mol. The maximum absolute atomic E-state index is 8.48. The van der Waals surface area contributed by atoms with E-state index in [-0.39, 0.29) is 25.7 Å². The van der Waals surface area contributed by atoms with Crippen molar-refractivity contribution in [3.8, 4) is 28.3 Å². The van der Waals surface area contributed by atoms with Crippen LogP contribution in [0.4, 0.5) is 0 Å². The molecular weight excluding hydrogens is 987 g/mol. The van der Waals surface area contributed by atoms with Gasteiger partial charge in [-0.3, -0.25) is 4.98 Å². The minimum absolute atomic E-state index is 0. The normalized spacial score (nSPS) is 13.2. The van der Waals surface area contributed by atoms with E-state index in [1.165, 1.54) is 55.2 Å². The third-order valence-electron chi connectivity index (χ3n) is 12.7. The number of hydrogen-bond donors (Lipinski definition) is 0. The molecule has 0 saturated carbocycles. The van der Waals surface area contributed by atoms with E-state index in [2.05, 4.69) is 174 Å². The van der Waals surface area contributed by atoms with E-state index in [0.29, 0.717) is 11.8 Å². The molecule has 0 aliphatic heterocycles. The van der Waals surface area contributed by atoms with Gasteiger partial charge < -0.3 is 14.0 Å². The summed E-state index contributed by atoms with van der Waals surface area (Å²) in [4.78, 5) is 9.88. The van der Waals surface area contributed by atoms with Crippen LogP contribution in [0, 0.1) is 32.8 Å². The summed E-state index contributed by atoms with van der Waals surface area (Å²) in [5.41, 5.74) is 13.5. The molecule has 3 aromatic heterocycles. The van der Waals surface area contributed by atoms with Gasteiger partial charge in [-0.1, -0.05) is 171 Å². The maximum Gasteiger partial charge on any atom is 0.121 e. The predicted molar refractivity (Wildman–Crippen MR) is 276 cm³/mol. The first-order chi connectivity index (χ1) is 32.1. The number of aryl methyl sites for hydroxylation is 3. The van der Waals surface area contributed by atoms with Gasteiger partial charge in [0, 0.05) is 42.9 Å². The van der Waals surface area contributed by atoms with Gasteiger partial charge in [-0.05, 0) is 85.5 Å². The Kier molecular flexibility index (Phi) is 11.3. The number of pyridine rings is 1. The zero-order chi connectivity index (χ0) is 48.6. The van der Waals surface area contributed by atoms with Crippen LogP contribution in [0.2, 0.25) is 19.6 Å². The fraction of sp³-hybridized carbons (Fsp3) is 0.254. The molecule has 7 aromatic carbocycles. The second-order valence-corrected chi connectivity index (χ2v) is 24.2. The van der Waals surface area contributed by atoms with Gasteiger partial charge in [0.05, 0.1) is 30.5 Å². The van der Waals surface area contributed by atoms with Crippen molar-refractivity contribution in [2.24, 2.45) is 0 Å². The molecule has 0 aliphatic carbocycles. The van der Waals surface area contributed by atoms with Crippen molar-refractivity contribution < 1.29 is 30.0 Å². The number of furan rings is 1. The van der Waals surface area contributed by atoms with E-state index in [0.717, 1.165) is 66.7 Å². The molecular formula is C59H59IrN3OSi-2. The Bertz CT molecular complexity index is 3530. The molecule has 0 saturated heterocycles. The summed E-state index contributed by atoms with van der Waals surface area (Å²) >= 11 is 0. The van der Waals surface area contributed by atoms with Crippen LogP contribution in [0.15, 0.2) is 126 Å². The standard InChI is InChI=1S/C41H35N2O.C18H24NSi.Ir/c1-23(2)29-14-11-15-30(24(3)4)39(29)43-36-17-10-9-16-35(36)42-41(43)34-20-25(5)26(6)38-33-21-28-19-18-27-12-7-8-13-31(27)32(28)22-37(33)44-40(34)38;1-13(2)16-11-17(15-9-7-14(3)8-10-15)19-12-18(16)20(4,5)6;/h7-19,21-24H,1-6H3;7-9,11-13H,1-6H3;/q2*-1;/i;3D3,13D;. The van der Waals surface area contributed by atoms with Crippen LogP contribution in [-0.4, -0.2) is 22.6 Å². The fourth-order valence-electron chi connectivity index (χ4n) is 9.22. The molecule has 10 aromatic rings. The third kappa shape index (κ3) is 8.42. The SMILES string of the molecule is Cc1[c-]c(-c2nc3ccccc3n2-c2c(C(C)C)cccc2C(C)C)c2oc3cc4c(ccc5ccccc54)cc3c2c1C.[2H]C([2H])([2H])c1c[c-]c(-c2cc(C([2H])(C)C)c([Si](C)(C)C)cn2)cc1.[Ir]. The zero-order valence-corrected chi connectivity index (χ0v) is 42.7. The molecule has 65 heavy (non-hydrogen) atoms. The van der Waals surface area contributed by atoms with Gasteiger partial charge in [-0.2, -0.15) is 0 Å². The summed E-state index contributed by atoms with van der Waals surface area (Å²) in [5.74, 6) is 0.833. The smallest absolute Gasteiger partial charge is 0.121 e. The summed E-state index contributed by atoms with van der Waals surface area (Å²) in [6.07, 6.45) is 1.89. The van der Waals surface area contributed by atoms with E-state index in [1.54, 1.807) is 12.1 Å². The Morgan fingerprint density at radius 3 is 2.12 bits per heavy atom. The number of nitrogens with zero attached hydrogens (tertiary/aromatic N) is 3. The van der Waals surface area contributed by atoms with Crippen LogP contribution in [0.3, 0.4) is 0 Å². The molecule has 0 unspecified atom stereocenters. The van der Waals surface area contributed by atoms with Crippen molar-refractivity contribution in [2.75, 3.05) is 0 Å². The first-order valence-corrected chi connectivity index (χ1v) is 26.0. The summed E-state index contributed by atoms with van der Waals surface area (Å²) < 4.78 is 40.1. The Labute approximate surface area is 405 Å². The van der Waals surface area contributed by atoms with Gasteiger partial charge in [-0.25, -0.2) is 0 Å². The molecule has 0 amide bonds. The van der Waals surface area contributed by atoms with E-state index in [1.807, 2.05) is 26.1 Å². The molecule has 331 valence electrons. The third-order valence-corrected chi connectivity index (χ3v) is 14.7. The second kappa shape index (κ2) is 18.0. The van der Waals surface area contributed by atoms with Crippen LogP contribution >= 0.6 is 0 Å². The van der Waals surface area contributed by atoms with Crippen LogP contribution in [0.1, 0.15) is 98.1 Å². The van der Waals surface area contributed by atoms with E-state index in [4.69, 9.17) is 14.9 Å². The number of aromatic nitrogens is 3. The molecule has 0 fully saturated rings. The van der Waals surface area contributed by atoms with Crippen molar-refractivity contribution in [1.82, 2.24) is 14.5 Å². The predicted octanol–water partition coefficient (Wildman–Crippen LogP) is 16.1. The first kappa shape index (κ1) is 40.8. The Morgan fingerprint density at radius 2 is 1.45 bits per heavy atom. The average Bonchev–Trinajstić information content (AvgIpc) is 3.87. The number of benzene rings is 7. The van der Waals surface area contributed by atoms with Crippen molar-refractivity contribution >= 4 is 67.8 Å². The largest absolute Gasteiger partial charge is 0.501 e. The molecule has 0 atom stereocenters. The summed E-state index contributed by atoms with van der Waals surface area (Å²) in [7, 11) is -1.61. The maximum atomic E-state index is 8.48.